The van der Waals surface area contributed by atoms with Crippen LogP contribution in [0.25, 0.3) is 0 Å². The SMILES string of the molecule is CCC(C)C(CO[SiH3])(c1ccccc1)C(C)CC. The summed E-state index contributed by atoms with van der Waals surface area (Å²) < 4.78 is 5.75. The Kier molecular flexibility index (Phi) is 6.10. The van der Waals surface area contributed by atoms with Gasteiger partial charge in [0, 0.05) is 12.0 Å². The van der Waals surface area contributed by atoms with Gasteiger partial charge in [-0.15, -0.1) is 0 Å². The number of rotatable bonds is 7. The molecule has 1 rings (SSSR count). The first kappa shape index (κ1) is 15.5. The van der Waals surface area contributed by atoms with Crippen LogP contribution in [0.15, 0.2) is 30.3 Å². The molecule has 0 saturated heterocycles. The topological polar surface area (TPSA) is 9.23 Å². The van der Waals surface area contributed by atoms with Crippen LogP contribution in [0, 0.1) is 11.8 Å². The van der Waals surface area contributed by atoms with Crippen LogP contribution in [0.4, 0.5) is 0 Å². The number of hydrogen-bond donors (Lipinski definition) is 0. The lowest BCUT2D eigenvalue weighted by atomic mass is 9.62. The second-order valence-corrected chi connectivity index (χ2v) is 6.04. The first-order valence-electron chi connectivity index (χ1n) is 7.17. The monoisotopic (exact) mass is 264 g/mol. The second-order valence-electron chi connectivity index (χ2n) is 5.46. The molecule has 0 fully saturated rings. The maximum absolute atomic E-state index is 5.75. The molecule has 0 aliphatic carbocycles. The Bertz CT molecular complexity index is 326. The van der Waals surface area contributed by atoms with E-state index in [0.29, 0.717) is 11.8 Å². The van der Waals surface area contributed by atoms with E-state index in [1.165, 1.54) is 18.4 Å². The molecular formula is C16H28OSi. The van der Waals surface area contributed by atoms with Crippen molar-refractivity contribution in [2.24, 2.45) is 11.8 Å². The van der Waals surface area contributed by atoms with E-state index in [4.69, 9.17) is 4.43 Å². The van der Waals surface area contributed by atoms with Crippen molar-refractivity contribution in [1.29, 1.82) is 0 Å². The average molecular weight is 264 g/mol. The molecule has 0 N–H and O–H groups in total. The summed E-state index contributed by atoms with van der Waals surface area (Å²) in [7, 11) is 0.818. The van der Waals surface area contributed by atoms with E-state index in [0.717, 1.165) is 17.1 Å². The molecule has 102 valence electrons. The molecule has 0 aliphatic heterocycles. The van der Waals surface area contributed by atoms with Gasteiger partial charge in [0.1, 0.15) is 10.5 Å². The maximum atomic E-state index is 5.75. The molecule has 1 nitrogen and oxygen atoms in total. The third-order valence-electron chi connectivity index (χ3n) is 4.68. The van der Waals surface area contributed by atoms with E-state index in [9.17, 15) is 0 Å². The molecule has 0 bridgehead atoms. The first-order valence-corrected chi connectivity index (χ1v) is 7.99. The smallest absolute Gasteiger partial charge is 0.146 e. The van der Waals surface area contributed by atoms with Crippen molar-refractivity contribution in [2.75, 3.05) is 6.61 Å². The van der Waals surface area contributed by atoms with Crippen molar-refractivity contribution in [2.45, 2.75) is 46.0 Å². The zero-order valence-corrected chi connectivity index (χ0v) is 14.6. The summed E-state index contributed by atoms with van der Waals surface area (Å²) in [6.45, 7) is 10.2. The summed E-state index contributed by atoms with van der Waals surface area (Å²) in [4.78, 5) is 0. The van der Waals surface area contributed by atoms with Crippen molar-refractivity contribution in [3.63, 3.8) is 0 Å². The van der Waals surface area contributed by atoms with Crippen LogP contribution in [0.1, 0.15) is 46.1 Å². The second kappa shape index (κ2) is 7.10. The maximum Gasteiger partial charge on any atom is 0.146 e. The highest BCUT2D eigenvalue weighted by Gasteiger charge is 2.41. The summed E-state index contributed by atoms with van der Waals surface area (Å²) in [5.41, 5.74) is 1.62. The Labute approximate surface area is 115 Å². The summed E-state index contributed by atoms with van der Waals surface area (Å²) in [5.74, 6) is 1.28. The molecule has 0 heterocycles. The molecule has 1 aromatic rings. The van der Waals surface area contributed by atoms with Gasteiger partial charge in [-0.05, 0) is 17.4 Å². The van der Waals surface area contributed by atoms with Crippen molar-refractivity contribution < 1.29 is 4.43 Å². The van der Waals surface area contributed by atoms with Crippen molar-refractivity contribution in [1.82, 2.24) is 0 Å². The number of hydrogen-bond acceptors (Lipinski definition) is 1. The Morgan fingerprint density at radius 1 is 1.06 bits per heavy atom. The zero-order valence-electron chi connectivity index (χ0n) is 12.6. The molecule has 2 unspecified atom stereocenters. The lowest BCUT2D eigenvalue weighted by Crippen LogP contribution is -2.44. The van der Waals surface area contributed by atoms with E-state index in [-0.39, 0.29) is 5.41 Å². The molecule has 0 aromatic heterocycles. The Hall–Kier alpha value is -0.603. The van der Waals surface area contributed by atoms with Crippen molar-refractivity contribution in [3.8, 4) is 0 Å². The Morgan fingerprint density at radius 3 is 1.94 bits per heavy atom. The van der Waals surface area contributed by atoms with Gasteiger partial charge in [-0.2, -0.15) is 0 Å². The lowest BCUT2D eigenvalue weighted by molar-refractivity contribution is 0.106. The largest absolute Gasteiger partial charge is 0.427 e. The van der Waals surface area contributed by atoms with E-state index in [1.807, 2.05) is 0 Å². The van der Waals surface area contributed by atoms with E-state index in [2.05, 4.69) is 58.0 Å². The molecule has 1 aromatic carbocycles. The minimum atomic E-state index is 0.173. The van der Waals surface area contributed by atoms with Crippen LogP contribution < -0.4 is 0 Å². The van der Waals surface area contributed by atoms with Gasteiger partial charge in [-0.3, -0.25) is 0 Å². The fourth-order valence-corrected chi connectivity index (χ4v) is 3.62. The molecule has 0 radical (unpaired) electrons. The van der Waals surface area contributed by atoms with E-state index in [1.54, 1.807) is 0 Å². The third-order valence-corrected chi connectivity index (χ3v) is 4.97. The highest BCUT2D eigenvalue weighted by Crippen LogP contribution is 2.42. The quantitative estimate of drug-likeness (QED) is 0.687. The molecule has 18 heavy (non-hydrogen) atoms. The van der Waals surface area contributed by atoms with Crippen molar-refractivity contribution >= 4 is 10.5 Å². The summed E-state index contributed by atoms with van der Waals surface area (Å²) in [6, 6.07) is 11.0. The normalized spacial score (nSPS) is 18.2. The molecule has 0 amide bonds. The Balaban J connectivity index is 3.28. The van der Waals surface area contributed by atoms with Gasteiger partial charge in [0.15, 0.2) is 0 Å². The van der Waals surface area contributed by atoms with Crippen LogP contribution >= 0.6 is 0 Å². The zero-order chi connectivity index (χ0) is 13.6. The van der Waals surface area contributed by atoms with Crippen LogP contribution in [0.2, 0.25) is 0 Å². The van der Waals surface area contributed by atoms with Crippen LogP contribution in [0.3, 0.4) is 0 Å². The van der Waals surface area contributed by atoms with Gasteiger partial charge in [0.05, 0.1) is 0 Å². The highest BCUT2D eigenvalue weighted by atomic mass is 28.2. The summed E-state index contributed by atoms with van der Waals surface area (Å²) in [5, 5.41) is 0. The standard InChI is InChI=1S/C16H28OSi/c1-5-13(3)16(12-17-18,14(4)6-2)15-10-8-7-9-11-15/h7-11,13-14H,5-6,12H2,1-4,18H3. The molecule has 2 heteroatoms. The van der Waals surface area contributed by atoms with Gasteiger partial charge in [-0.25, -0.2) is 0 Å². The van der Waals surface area contributed by atoms with Crippen molar-refractivity contribution in [3.05, 3.63) is 35.9 Å². The minimum Gasteiger partial charge on any atom is -0.427 e. The van der Waals surface area contributed by atoms with Crippen LogP contribution in [0.5, 0.6) is 0 Å². The van der Waals surface area contributed by atoms with Gasteiger partial charge >= 0.3 is 0 Å². The third kappa shape index (κ3) is 2.86. The number of benzene rings is 1. The van der Waals surface area contributed by atoms with Gasteiger partial charge in [-0.1, -0.05) is 70.9 Å². The fourth-order valence-electron chi connectivity index (χ4n) is 3.14. The molecule has 0 saturated carbocycles. The van der Waals surface area contributed by atoms with Crippen LogP contribution in [-0.4, -0.2) is 17.1 Å². The van der Waals surface area contributed by atoms with E-state index < -0.39 is 0 Å². The molecule has 0 spiro atoms. The lowest BCUT2D eigenvalue weighted by Gasteiger charge is -2.44. The van der Waals surface area contributed by atoms with Gasteiger partial charge in [0.2, 0.25) is 0 Å². The van der Waals surface area contributed by atoms with E-state index >= 15 is 0 Å². The predicted molar refractivity (Wildman–Crippen MR) is 82.9 cm³/mol. The van der Waals surface area contributed by atoms with Gasteiger partial charge in [0.25, 0.3) is 0 Å². The molecular weight excluding hydrogens is 236 g/mol. The fraction of sp³-hybridized carbons (Fsp3) is 0.625. The predicted octanol–water partition coefficient (Wildman–Crippen LogP) is 3.31. The van der Waals surface area contributed by atoms with Gasteiger partial charge < -0.3 is 4.43 Å². The summed E-state index contributed by atoms with van der Waals surface area (Å²) >= 11 is 0. The summed E-state index contributed by atoms with van der Waals surface area (Å²) in [6.07, 6.45) is 2.40. The highest BCUT2D eigenvalue weighted by molar-refractivity contribution is 5.98. The average Bonchev–Trinajstić information content (AvgIpc) is 2.44. The Morgan fingerprint density at radius 2 is 1.56 bits per heavy atom. The minimum absolute atomic E-state index is 0.173. The molecule has 2 atom stereocenters. The first-order chi connectivity index (χ1) is 8.63. The molecule has 0 aliphatic rings. The van der Waals surface area contributed by atoms with Crippen LogP contribution in [-0.2, 0) is 9.84 Å².